The smallest absolute Gasteiger partial charge is 0.265 e. The lowest BCUT2D eigenvalue weighted by atomic mass is 10.2. The maximum atomic E-state index is 12.4. The molecule has 0 saturated carbocycles. The zero-order valence-electron chi connectivity index (χ0n) is 14.9. The molecule has 1 aromatic carbocycles. The molecule has 25 heavy (non-hydrogen) atoms. The molecule has 130 valence electrons. The summed E-state index contributed by atoms with van der Waals surface area (Å²) in [5.74, 6) is 0.452. The molecule has 2 heterocycles. The van der Waals surface area contributed by atoms with Crippen molar-refractivity contribution < 1.29 is 9.53 Å². The number of aromatic nitrogens is 3. The number of carbonyl (C=O) groups is 1. The number of aryl methyl sites for hydroxylation is 1. The molecule has 0 saturated heterocycles. The van der Waals surface area contributed by atoms with E-state index in [0.29, 0.717) is 11.4 Å². The molecular formula is C19H22N4O2. The summed E-state index contributed by atoms with van der Waals surface area (Å²) in [7, 11) is 0. The van der Waals surface area contributed by atoms with Crippen molar-refractivity contribution in [1.29, 1.82) is 0 Å². The van der Waals surface area contributed by atoms with E-state index in [2.05, 4.69) is 15.4 Å². The van der Waals surface area contributed by atoms with Gasteiger partial charge in [-0.3, -0.25) is 4.79 Å². The first-order chi connectivity index (χ1) is 11.9. The molecule has 0 aliphatic heterocycles. The SMILES string of the molecule is Cc1cccc(O[C@H](C)C(=O)Nc2cnc3c(cnn3C(C)C)c2)c1. The number of hydrogen-bond acceptors (Lipinski definition) is 4. The van der Waals surface area contributed by atoms with Crippen LogP contribution in [0.4, 0.5) is 5.69 Å². The number of amides is 1. The van der Waals surface area contributed by atoms with Gasteiger partial charge in [-0.15, -0.1) is 0 Å². The van der Waals surface area contributed by atoms with E-state index < -0.39 is 6.10 Å². The van der Waals surface area contributed by atoms with Gasteiger partial charge in [0.05, 0.1) is 18.1 Å². The van der Waals surface area contributed by atoms with Crippen molar-refractivity contribution in [2.45, 2.75) is 39.8 Å². The van der Waals surface area contributed by atoms with Crippen molar-refractivity contribution in [3.05, 3.63) is 48.3 Å². The van der Waals surface area contributed by atoms with Crippen LogP contribution < -0.4 is 10.1 Å². The summed E-state index contributed by atoms with van der Waals surface area (Å²) in [5.41, 5.74) is 2.51. The predicted octanol–water partition coefficient (Wildman–Crippen LogP) is 3.73. The van der Waals surface area contributed by atoms with E-state index >= 15 is 0 Å². The van der Waals surface area contributed by atoms with Crippen LogP contribution >= 0.6 is 0 Å². The first-order valence-electron chi connectivity index (χ1n) is 8.31. The second-order valence-corrected chi connectivity index (χ2v) is 6.39. The van der Waals surface area contributed by atoms with Crippen LogP contribution in [0.2, 0.25) is 0 Å². The van der Waals surface area contributed by atoms with Gasteiger partial charge in [0, 0.05) is 11.4 Å². The molecule has 3 aromatic rings. The number of nitrogens with zero attached hydrogens (tertiary/aromatic N) is 3. The molecule has 1 atom stereocenters. The Morgan fingerprint density at radius 1 is 1.20 bits per heavy atom. The van der Waals surface area contributed by atoms with Gasteiger partial charge >= 0.3 is 0 Å². The zero-order chi connectivity index (χ0) is 18.0. The normalized spacial score (nSPS) is 12.4. The second-order valence-electron chi connectivity index (χ2n) is 6.39. The third-order valence-corrected chi connectivity index (χ3v) is 3.86. The van der Waals surface area contributed by atoms with Gasteiger partial charge in [0.25, 0.3) is 5.91 Å². The lowest BCUT2D eigenvalue weighted by molar-refractivity contribution is -0.122. The Morgan fingerprint density at radius 3 is 2.72 bits per heavy atom. The van der Waals surface area contributed by atoms with Crippen molar-refractivity contribution in [3.63, 3.8) is 0 Å². The van der Waals surface area contributed by atoms with Crippen molar-refractivity contribution in [1.82, 2.24) is 14.8 Å². The topological polar surface area (TPSA) is 69.0 Å². The van der Waals surface area contributed by atoms with E-state index in [1.165, 1.54) is 0 Å². The highest BCUT2D eigenvalue weighted by Gasteiger charge is 2.16. The molecule has 0 spiro atoms. The number of ether oxygens (including phenoxy) is 1. The van der Waals surface area contributed by atoms with E-state index in [-0.39, 0.29) is 11.9 Å². The molecular weight excluding hydrogens is 316 g/mol. The zero-order valence-corrected chi connectivity index (χ0v) is 14.9. The highest BCUT2D eigenvalue weighted by molar-refractivity contribution is 5.95. The van der Waals surface area contributed by atoms with Crippen LogP contribution in [0.25, 0.3) is 11.0 Å². The van der Waals surface area contributed by atoms with Gasteiger partial charge in [-0.25, -0.2) is 9.67 Å². The summed E-state index contributed by atoms with van der Waals surface area (Å²) < 4.78 is 7.55. The first-order valence-corrected chi connectivity index (χ1v) is 8.31. The van der Waals surface area contributed by atoms with Gasteiger partial charge in [-0.2, -0.15) is 5.10 Å². The van der Waals surface area contributed by atoms with E-state index in [9.17, 15) is 4.79 Å². The maximum Gasteiger partial charge on any atom is 0.265 e. The number of pyridine rings is 1. The van der Waals surface area contributed by atoms with Crippen molar-refractivity contribution in [2.24, 2.45) is 0 Å². The molecule has 0 radical (unpaired) electrons. The lowest BCUT2D eigenvalue weighted by Crippen LogP contribution is -2.30. The average molecular weight is 338 g/mol. The number of benzene rings is 1. The fourth-order valence-electron chi connectivity index (χ4n) is 2.58. The molecule has 0 unspecified atom stereocenters. The summed E-state index contributed by atoms with van der Waals surface area (Å²) in [5, 5.41) is 8.06. The van der Waals surface area contributed by atoms with Crippen LogP contribution in [0.15, 0.2) is 42.7 Å². The molecule has 3 rings (SSSR count). The van der Waals surface area contributed by atoms with E-state index in [4.69, 9.17) is 4.74 Å². The van der Waals surface area contributed by atoms with Crippen molar-refractivity contribution >= 4 is 22.6 Å². The summed E-state index contributed by atoms with van der Waals surface area (Å²) in [6, 6.07) is 9.72. The number of hydrogen-bond donors (Lipinski definition) is 1. The van der Waals surface area contributed by atoms with Gasteiger partial charge in [-0.05, 0) is 51.5 Å². The summed E-state index contributed by atoms with van der Waals surface area (Å²) in [4.78, 5) is 16.8. The summed E-state index contributed by atoms with van der Waals surface area (Å²) >= 11 is 0. The van der Waals surface area contributed by atoms with Crippen molar-refractivity contribution in [2.75, 3.05) is 5.32 Å². The van der Waals surface area contributed by atoms with Crippen LogP contribution in [0.1, 0.15) is 32.4 Å². The van der Waals surface area contributed by atoms with Crippen molar-refractivity contribution in [3.8, 4) is 5.75 Å². The fourth-order valence-corrected chi connectivity index (χ4v) is 2.58. The van der Waals surface area contributed by atoms with Gasteiger partial charge in [0.15, 0.2) is 11.8 Å². The minimum absolute atomic E-state index is 0.223. The Bertz CT molecular complexity index is 901. The van der Waals surface area contributed by atoms with Crippen LogP contribution in [0.5, 0.6) is 5.75 Å². The Labute approximate surface area is 146 Å². The minimum Gasteiger partial charge on any atom is -0.481 e. The highest BCUT2D eigenvalue weighted by atomic mass is 16.5. The number of nitrogens with one attached hydrogen (secondary N) is 1. The molecule has 2 aromatic heterocycles. The quantitative estimate of drug-likeness (QED) is 0.770. The molecule has 1 N–H and O–H groups in total. The van der Waals surface area contributed by atoms with Gasteiger partial charge in [0.2, 0.25) is 0 Å². The van der Waals surface area contributed by atoms with Crippen LogP contribution in [0.3, 0.4) is 0 Å². The molecule has 1 amide bonds. The molecule has 0 aliphatic carbocycles. The molecule has 6 nitrogen and oxygen atoms in total. The largest absolute Gasteiger partial charge is 0.481 e. The first kappa shape index (κ1) is 17.0. The van der Waals surface area contributed by atoms with E-state index in [0.717, 1.165) is 16.6 Å². The van der Waals surface area contributed by atoms with Crippen LogP contribution in [-0.2, 0) is 4.79 Å². The summed E-state index contributed by atoms with van der Waals surface area (Å²) in [6.45, 7) is 7.80. The third-order valence-electron chi connectivity index (χ3n) is 3.86. The van der Waals surface area contributed by atoms with Gasteiger partial charge < -0.3 is 10.1 Å². The summed E-state index contributed by atoms with van der Waals surface area (Å²) in [6.07, 6.45) is 2.78. The Hall–Kier alpha value is -2.89. The van der Waals surface area contributed by atoms with Crippen LogP contribution in [0, 0.1) is 6.92 Å². The lowest BCUT2D eigenvalue weighted by Gasteiger charge is -2.15. The Morgan fingerprint density at radius 2 is 2.00 bits per heavy atom. The van der Waals surface area contributed by atoms with E-state index in [1.54, 1.807) is 19.3 Å². The molecule has 0 fully saturated rings. The number of carbonyl (C=O) groups excluding carboxylic acids is 1. The van der Waals surface area contributed by atoms with Gasteiger partial charge in [-0.1, -0.05) is 12.1 Å². The highest BCUT2D eigenvalue weighted by Crippen LogP contribution is 2.20. The Kier molecular flexibility index (Phi) is 4.70. The average Bonchev–Trinajstić information content (AvgIpc) is 2.98. The third kappa shape index (κ3) is 3.79. The minimum atomic E-state index is -0.615. The van der Waals surface area contributed by atoms with Crippen LogP contribution in [-0.4, -0.2) is 26.8 Å². The van der Waals surface area contributed by atoms with E-state index in [1.807, 2.05) is 55.8 Å². The second kappa shape index (κ2) is 6.93. The monoisotopic (exact) mass is 338 g/mol. The predicted molar refractivity (Wildman–Crippen MR) is 97.8 cm³/mol. The van der Waals surface area contributed by atoms with Gasteiger partial charge in [0.1, 0.15) is 5.75 Å². The molecule has 6 heteroatoms. The fraction of sp³-hybridized carbons (Fsp3) is 0.316. The number of anilines is 1. The number of rotatable bonds is 5. The standard InChI is InChI=1S/C19H22N4O2/c1-12(2)23-18-15(10-21-23)9-16(11-20-18)22-19(24)14(4)25-17-7-5-6-13(3)8-17/h5-12,14H,1-4H3,(H,22,24)/t14-/m1/s1. The molecule has 0 bridgehead atoms. The maximum absolute atomic E-state index is 12.4. The Balaban J connectivity index is 1.70. The molecule has 0 aliphatic rings. The number of fused-ring (bicyclic) bond motifs is 1.